The van der Waals surface area contributed by atoms with Crippen LogP contribution in [-0.2, 0) is 9.53 Å². The van der Waals surface area contributed by atoms with Crippen LogP contribution in [0, 0.1) is 0 Å². The van der Waals surface area contributed by atoms with Crippen molar-refractivity contribution in [1.82, 2.24) is 14.7 Å². The maximum absolute atomic E-state index is 12.5. The van der Waals surface area contributed by atoms with Gasteiger partial charge < -0.3 is 4.74 Å². The van der Waals surface area contributed by atoms with Gasteiger partial charge in [0.25, 0.3) is 23.6 Å². The zero-order chi connectivity index (χ0) is 29.2. The van der Waals surface area contributed by atoms with E-state index in [1.165, 1.54) is 9.80 Å². The molecule has 9 heteroatoms. The number of fused-ring (bicyclic) bond motifs is 2. The Kier molecular flexibility index (Phi) is 10.8. The van der Waals surface area contributed by atoms with Crippen LogP contribution in [0.5, 0.6) is 0 Å². The van der Waals surface area contributed by atoms with Crippen molar-refractivity contribution >= 4 is 29.6 Å². The number of carbonyl (C=O) groups is 5. The molecular formula is C32H39N3O6. The number of amides is 4. The molecule has 0 N–H and O–H groups in total. The Morgan fingerprint density at radius 2 is 0.976 bits per heavy atom. The zero-order valence-electron chi connectivity index (χ0n) is 23.8. The number of unbranched alkanes of at least 4 members (excludes halogenated alkanes) is 6. The van der Waals surface area contributed by atoms with Gasteiger partial charge in [0.1, 0.15) is 0 Å². The van der Waals surface area contributed by atoms with Crippen LogP contribution in [0.1, 0.15) is 99.7 Å². The molecule has 41 heavy (non-hydrogen) atoms. The van der Waals surface area contributed by atoms with Gasteiger partial charge in [-0.15, -0.1) is 0 Å². The first kappa shape index (κ1) is 30.1. The van der Waals surface area contributed by atoms with Gasteiger partial charge in [0.05, 0.1) is 35.4 Å². The Morgan fingerprint density at radius 1 is 0.610 bits per heavy atom. The molecule has 2 aromatic carbocycles. The SMILES string of the molecule is CCOC(=O)CN(CCCCCCN1C(=O)c2ccccc2C1=O)CCCCCCN1C(=O)c2ccccc2C1=O. The van der Waals surface area contributed by atoms with Crippen LogP contribution in [0.25, 0.3) is 0 Å². The Balaban J connectivity index is 1.12. The Bertz CT molecular complexity index is 1120. The highest BCUT2D eigenvalue weighted by molar-refractivity contribution is 6.22. The average molecular weight is 562 g/mol. The summed E-state index contributed by atoms with van der Waals surface area (Å²) in [5.41, 5.74) is 1.93. The standard InChI is InChI=1S/C32H39N3O6/c1-2-41-28(36)23-33(19-11-3-5-13-21-34-29(37)24-15-7-8-16-25(24)30(34)38)20-12-4-6-14-22-35-31(39)26-17-9-10-18-27(26)32(35)40/h7-10,15-18H,2-6,11-14,19-23H2,1H3. The summed E-state index contributed by atoms with van der Waals surface area (Å²) in [6.45, 7) is 4.76. The van der Waals surface area contributed by atoms with E-state index in [0.29, 0.717) is 42.0 Å². The molecular weight excluding hydrogens is 522 g/mol. The minimum atomic E-state index is -0.233. The summed E-state index contributed by atoms with van der Waals surface area (Å²) in [5, 5.41) is 0. The van der Waals surface area contributed by atoms with Gasteiger partial charge in [-0.2, -0.15) is 0 Å². The van der Waals surface area contributed by atoms with E-state index in [1.54, 1.807) is 55.5 Å². The lowest BCUT2D eigenvalue weighted by Crippen LogP contribution is -2.33. The highest BCUT2D eigenvalue weighted by Crippen LogP contribution is 2.24. The summed E-state index contributed by atoms with van der Waals surface area (Å²) in [7, 11) is 0. The number of ether oxygens (including phenoxy) is 1. The van der Waals surface area contributed by atoms with Gasteiger partial charge in [-0.05, 0) is 70.0 Å². The first-order valence-corrected chi connectivity index (χ1v) is 14.7. The molecule has 2 aliphatic heterocycles. The molecule has 0 saturated heterocycles. The third kappa shape index (κ3) is 7.47. The van der Waals surface area contributed by atoms with E-state index in [1.807, 2.05) is 0 Å². The second-order valence-electron chi connectivity index (χ2n) is 10.5. The van der Waals surface area contributed by atoms with Crippen molar-refractivity contribution in [1.29, 1.82) is 0 Å². The molecule has 0 aliphatic carbocycles. The molecule has 2 aromatic rings. The molecule has 0 atom stereocenters. The maximum atomic E-state index is 12.5. The van der Waals surface area contributed by atoms with Crippen LogP contribution in [0.4, 0.5) is 0 Å². The van der Waals surface area contributed by atoms with Gasteiger partial charge in [-0.25, -0.2) is 0 Å². The van der Waals surface area contributed by atoms with E-state index in [4.69, 9.17) is 4.74 Å². The Labute approximate surface area is 241 Å². The number of nitrogens with zero attached hydrogens (tertiary/aromatic N) is 3. The highest BCUT2D eigenvalue weighted by Gasteiger charge is 2.35. The normalized spacial score (nSPS) is 14.3. The minimum Gasteiger partial charge on any atom is -0.465 e. The summed E-state index contributed by atoms with van der Waals surface area (Å²) < 4.78 is 5.15. The van der Waals surface area contributed by atoms with E-state index in [-0.39, 0.29) is 36.1 Å². The third-order valence-corrected chi connectivity index (χ3v) is 7.63. The largest absolute Gasteiger partial charge is 0.465 e. The van der Waals surface area contributed by atoms with Gasteiger partial charge in [0.2, 0.25) is 0 Å². The molecule has 2 heterocycles. The molecule has 0 saturated carbocycles. The first-order valence-electron chi connectivity index (χ1n) is 14.7. The van der Waals surface area contributed by atoms with E-state index in [2.05, 4.69) is 4.90 Å². The lowest BCUT2D eigenvalue weighted by Gasteiger charge is -2.21. The smallest absolute Gasteiger partial charge is 0.320 e. The van der Waals surface area contributed by atoms with Gasteiger partial charge >= 0.3 is 5.97 Å². The van der Waals surface area contributed by atoms with Crippen molar-refractivity contribution in [2.45, 2.75) is 58.3 Å². The Morgan fingerprint density at radius 3 is 1.34 bits per heavy atom. The van der Waals surface area contributed by atoms with E-state index >= 15 is 0 Å². The second-order valence-corrected chi connectivity index (χ2v) is 10.5. The van der Waals surface area contributed by atoms with E-state index < -0.39 is 0 Å². The number of esters is 1. The average Bonchev–Trinajstić information content (AvgIpc) is 3.36. The molecule has 0 spiro atoms. The number of imide groups is 2. The molecule has 2 aliphatic rings. The van der Waals surface area contributed by atoms with E-state index in [9.17, 15) is 24.0 Å². The van der Waals surface area contributed by atoms with Gasteiger partial charge in [0, 0.05) is 13.1 Å². The number of rotatable bonds is 17. The monoisotopic (exact) mass is 561 g/mol. The predicted octanol–water partition coefficient (Wildman–Crippen LogP) is 4.56. The Hall–Kier alpha value is -3.85. The van der Waals surface area contributed by atoms with Gasteiger partial charge in [-0.1, -0.05) is 49.9 Å². The summed E-state index contributed by atoms with van der Waals surface area (Å²) in [6.07, 6.45) is 6.94. The lowest BCUT2D eigenvalue weighted by molar-refractivity contribution is -0.144. The fourth-order valence-electron chi connectivity index (χ4n) is 5.46. The molecule has 218 valence electrons. The minimum absolute atomic E-state index is 0.213. The van der Waals surface area contributed by atoms with Crippen molar-refractivity contribution in [3.63, 3.8) is 0 Å². The van der Waals surface area contributed by atoms with Crippen LogP contribution in [0.2, 0.25) is 0 Å². The lowest BCUT2D eigenvalue weighted by atomic mass is 10.1. The van der Waals surface area contributed by atoms with Crippen LogP contribution < -0.4 is 0 Å². The van der Waals surface area contributed by atoms with Crippen molar-refractivity contribution in [2.24, 2.45) is 0 Å². The highest BCUT2D eigenvalue weighted by atomic mass is 16.5. The molecule has 4 amide bonds. The molecule has 9 nitrogen and oxygen atoms in total. The summed E-state index contributed by atoms with van der Waals surface area (Å²) in [6, 6.07) is 13.9. The third-order valence-electron chi connectivity index (χ3n) is 7.63. The van der Waals surface area contributed by atoms with Gasteiger partial charge in [-0.3, -0.25) is 38.7 Å². The van der Waals surface area contributed by atoms with Crippen LogP contribution in [0.15, 0.2) is 48.5 Å². The molecule has 4 rings (SSSR count). The van der Waals surface area contributed by atoms with Crippen molar-refractivity contribution in [3.05, 3.63) is 70.8 Å². The molecule has 0 radical (unpaired) electrons. The number of hydrogen-bond acceptors (Lipinski definition) is 7. The van der Waals surface area contributed by atoms with E-state index in [0.717, 1.165) is 64.5 Å². The van der Waals surface area contributed by atoms with Crippen LogP contribution in [-0.4, -0.2) is 83.6 Å². The fourth-order valence-corrected chi connectivity index (χ4v) is 5.46. The summed E-state index contributed by atoms with van der Waals surface area (Å²) in [4.78, 5) is 66.9. The summed E-state index contributed by atoms with van der Waals surface area (Å²) in [5.74, 6) is -1.08. The molecule has 0 fully saturated rings. The second kappa shape index (κ2) is 14.7. The number of hydrogen-bond donors (Lipinski definition) is 0. The maximum Gasteiger partial charge on any atom is 0.320 e. The van der Waals surface area contributed by atoms with Crippen LogP contribution in [0.3, 0.4) is 0 Å². The number of carbonyl (C=O) groups excluding carboxylic acids is 5. The van der Waals surface area contributed by atoms with Crippen molar-refractivity contribution in [3.8, 4) is 0 Å². The first-order chi connectivity index (χ1) is 19.9. The molecule has 0 unspecified atom stereocenters. The van der Waals surface area contributed by atoms with Gasteiger partial charge in [0.15, 0.2) is 0 Å². The summed E-state index contributed by atoms with van der Waals surface area (Å²) >= 11 is 0. The molecule has 0 bridgehead atoms. The van der Waals surface area contributed by atoms with Crippen molar-refractivity contribution < 1.29 is 28.7 Å². The zero-order valence-corrected chi connectivity index (χ0v) is 23.8. The predicted molar refractivity (Wildman–Crippen MR) is 154 cm³/mol. The fraction of sp³-hybridized carbons (Fsp3) is 0.469. The topological polar surface area (TPSA) is 104 Å². The van der Waals surface area contributed by atoms with Crippen molar-refractivity contribution in [2.75, 3.05) is 39.3 Å². The number of benzene rings is 2. The van der Waals surface area contributed by atoms with Crippen LogP contribution >= 0.6 is 0 Å². The molecule has 0 aromatic heterocycles. The quantitative estimate of drug-likeness (QED) is 0.158.